The van der Waals surface area contributed by atoms with E-state index in [-0.39, 0.29) is 11.2 Å². The molecule has 0 aliphatic carbocycles. The molecule has 0 bridgehead atoms. The summed E-state index contributed by atoms with van der Waals surface area (Å²) < 4.78 is 2.01. The van der Waals surface area contributed by atoms with Crippen LogP contribution in [0.4, 0.5) is 0 Å². The molecule has 1 amide bonds. The number of aromatic nitrogens is 3. The van der Waals surface area contributed by atoms with Crippen LogP contribution in [0.15, 0.2) is 41.8 Å². The average Bonchev–Trinajstić information content (AvgIpc) is 3.11. The van der Waals surface area contributed by atoms with E-state index in [1.165, 1.54) is 17.3 Å². The van der Waals surface area contributed by atoms with Crippen LogP contribution in [0, 0.1) is 5.92 Å². The molecule has 3 rings (SSSR count). The summed E-state index contributed by atoms with van der Waals surface area (Å²) >= 11 is 1.51. The summed E-state index contributed by atoms with van der Waals surface area (Å²) in [6.07, 6.45) is 5.02. The molecule has 1 aromatic heterocycles. The Morgan fingerprint density at radius 3 is 2.54 bits per heavy atom. The number of nitrogens with zero attached hydrogens (tertiary/aromatic N) is 4. The highest BCUT2D eigenvalue weighted by molar-refractivity contribution is 8.00. The van der Waals surface area contributed by atoms with Crippen LogP contribution in [0.25, 0.3) is 0 Å². The number of thioether (sulfide) groups is 1. The third-order valence-electron chi connectivity index (χ3n) is 5.02. The van der Waals surface area contributed by atoms with Crippen LogP contribution in [0.3, 0.4) is 0 Å². The van der Waals surface area contributed by atoms with Crippen LogP contribution >= 0.6 is 11.8 Å². The molecule has 0 radical (unpaired) electrons. The first-order valence-electron chi connectivity index (χ1n) is 9.43. The van der Waals surface area contributed by atoms with Crippen molar-refractivity contribution in [3.8, 4) is 0 Å². The van der Waals surface area contributed by atoms with Crippen molar-refractivity contribution in [2.75, 3.05) is 13.1 Å². The van der Waals surface area contributed by atoms with Crippen molar-refractivity contribution in [1.29, 1.82) is 0 Å². The van der Waals surface area contributed by atoms with E-state index in [1.54, 1.807) is 6.33 Å². The monoisotopic (exact) mass is 372 g/mol. The maximum atomic E-state index is 12.8. The van der Waals surface area contributed by atoms with Crippen molar-refractivity contribution in [2.24, 2.45) is 5.92 Å². The van der Waals surface area contributed by atoms with Crippen LogP contribution in [-0.4, -0.2) is 43.9 Å². The molecule has 6 heteroatoms. The predicted octanol–water partition coefficient (Wildman–Crippen LogP) is 3.82. The minimum atomic E-state index is -0.137. The summed E-state index contributed by atoms with van der Waals surface area (Å²) in [4.78, 5) is 14.8. The maximum absolute atomic E-state index is 12.8. The number of hydrogen-bond donors (Lipinski definition) is 0. The van der Waals surface area contributed by atoms with Crippen molar-refractivity contribution in [3.05, 3.63) is 42.2 Å². The second-order valence-corrected chi connectivity index (χ2v) is 8.64. The summed E-state index contributed by atoms with van der Waals surface area (Å²) in [6.45, 7) is 7.88. The molecule has 5 nitrogen and oxygen atoms in total. The van der Waals surface area contributed by atoms with Gasteiger partial charge in [0.25, 0.3) is 0 Å². The van der Waals surface area contributed by atoms with Crippen molar-refractivity contribution in [2.45, 2.75) is 56.5 Å². The summed E-state index contributed by atoms with van der Waals surface area (Å²) in [5.41, 5.74) is 1.40. The fourth-order valence-electron chi connectivity index (χ4n) is 3.44. The Morgan fingerprint density at radius 1 is 1.19 bits per heavy atom. The zero-order valence-corrected chi connectivity index (χ0v) is 16.7. The van der Waals surface area contributed by atoms with Gasteiger partial charge in [0.05, 0.1) is 5.25 Å². The van der Waals surface area contributed by atoms with Gasteiger partial charge in [-0.25, -0.2) is 0 Å². The van der Waals surface area contributed by atoms with Gasteiger partial charge < -0.3 is 9.47 Å². The first kappa shape index (κ1) is 19.0. The van der Waals surface area contributed by atoms with Gasteiger partial charge in [-0.2, -0.15) is 0 Å². The van der Waals surface area contributed by atoms with E-state index in [0.717, 1.165) is 37.5 Å². The molecule has 1 aromatic carbocycles. The molecule has 1 aliphatic rings. The van der Waals surface area contributed by atoms with Gasteiger partial charge >= 0.3 is 0 Å². The third-order valence-corrected chi connectivity index (χ3v) is 6.08. The Hall–Kier alpha value is -1.82. The van der Waals surface area contributed by atoms with E-state index in [9.17, 15) is 4.79 Å². The lowest BCUT2D eigenvalue weighted by atomic mass is 9.90. The van der Waals surface area contributed by atoms with E-state index in [4.69, 9.17) is 0 Å². The molecule has 140 valence electrons. The van der Waals surface area contributed by atoms with Gasteiger partial charge in [-0.1, -0.05) is 42.1 Å². The molecular formula is C20H28N4OS. The van der Waals surface area contributed by atoms with Gasteiger partial charge in [-0.3, -0.25) is 4.79 Å². The molecule has 1 fully saturated rings. The second-order valence-electron chi connectivity index (χ2n) is 7.33. The first-order valence-corrected chi connectivity index (χ1v) is 10.3. The SMILES string of the molecule is CC(Sc1nncn1C(C)C)C(=O)N1CCC(Cc2ccccc2)CC1. The van der Waals surface area contributed by atoms with Gasteiger partial charge in [0.2, 0.25) is 5.91 Å². The number of likely N-dealkylation sites (tertiary alicyclic amines) is 1. The first-order chi connectivity index (χ1) is 12.5. The van der Waals surface area contributed by atoms with Crippen LogP contribution < -0.4 is 0 Å². The summed E-state index contributed by atoms with van der Waals surface area (Å²) in [7, 11) is 0. The lowest BCUT2D eigenvalue weighted by molar-refractivity contribution is -0.131. The zero-order chi connectivity index (χ0) is 18.5. The second kappa shape index (κ2) is 8.71. The Bertz CT molecular complexity index is 708. The van der Waals surface area contributed by atoms with E-state index < -0.39 is 0 Å². The molecular weight excluding hydrogens is 344 g/mol. The minimum Gasteiger partial charge on any atom is -0.342 e. The Balaban J connectivity index is 1.50. The summed E-state index contributed by atoms with van der Waals surface area (Å²) in [6, 6.07) is 10.9. The molecule has 1 unspecified atom stereocenters. The molecule has 1 atom stereocenters. The molecule has 1 saturated heterocycles. The van der Waals surface area contributed by atoms with E-state index in [1.807, 2.05) is 16.4 Å². The highest BCUT2D eigenvalue weighted by atomic mass is 32.2. The van der Waals surface area contributed by atoms with Crippen molar-refractivity contribution < 1.29 is 4.79 Å². The van der Waals surface area contributed by atoms with Gasteiger partial charge in [0, 0.05) is 19.1 Å². The highest BCUT2D eigenvalue weighted by Gasteiger charge is 2.27. The van der Waals surface area contributed by atoms with Crippen molar-refractivity contribution in [3.63, 3.8) is 0 Å². The number of carbonyl (C=O) groups excluding carboxylic acids is 1. The predicted molar refractivity (Wildman–Crippen MR) is 105 cm³/mol. The lowest BCUT2D eigenvalue weighted by Gasteiger charge is -2.33. The fourth-order valence-corrected chi connectivity index (χ4v) is 4.48. The van der Waals surface area contributed by atoms with Crippen LogP contribution in [0.2, 0.25) is 0 Å². The molecule has 2 heterocycles. The van der Waals surface area contributed by atoms with E-state index >= 15 is 0 Å². The van der Waals surface area contributed by atoms with Crippen molar-refractivity contribution in [1.82, 2.24) is 19.7 Å². The van der Waals surface area contributed by atoms with Crippen LogP contribution in [-0.2, 0) is 11.2 Å². The number of piperidine rings is 1. The molecule has 26 heavy (non-hydrogen) atoms. The molecule has 0 saturated carbocycles. The smallest absolute Gasteiger partial charge is 0.235 e. The molecule has 2 aromatic rings. The van der Waals surface area contributed by atoms with Gasteiger partial charge in [0.15, 0.2) is 5.16 Å². The Kier molecular flexibility index (Phi) is 6.35. The average molecular weight is 373 g/mol. The number of carbonyl (C=O) groups is 1. The Labute approximate surface area is 160 Å². The summed E-state index contributed by atoms with van der Waals surface area (Å²) in [5.74, 6) is 0.889. The van der Waals surface area contributed by atoms with Crippen LogP contribution in [0.1, 0.15) is 45.2 Å². The largest absolute Gasteiger partial charge is 0.342 e. The van der Waals surface area contributed by atoms with E-state index in [2.05, 4.69) is 54.4 Å². The van der Waals surface area contributed by atoms with E-state index in [0.29, 0.717) is 12.0 Å². The maximum Gasteiger partial charge on any atom is 0.235 e. The van der Waals surface area contributed by atoms with Gasteiger partial charge in [0.1, 0.15) is 6.33 Å². The number of hydrogen-bond acceptors (Lipinski definition) is 4. The van der Waals surface area contributed by atoms with Crippen LogP contribution in [0.5, 0.6) is 0 Å². The zero-order valence-electron chi connectivity index (χ0n) is 15.8. The molecule has 1 aliphatic heterocycles. The number of rotatable bonds is 6. The van der Waals surface area contributed by atoms with Crippen molar-refractivity contribution >= 4 is 17.7 Å². The highest BCUT2D eigenvalue weighted by Crippen LogP contribution is 2.27. The quantitative estimate of drug-likeness (QED) is 0.723. The minimum absolute atomic E-state index is 0.137. The standard InChI is InChI=1S/C20H28N4OS/c1-15(2)24-14-21-22-20(24)26-16(3)19(25)23-11-9-18(10-12-23)13-17-7-5-4-6-8-17/h4-8,14-16,18H,9-13H2,1-3H3. The van der Waals surface area contributed by atoms with Gasteiger partial charge in [-0.05, 0) is 51.5 Å². The summed E-state index contributed by atoms with van der Waals surface area (Å²) in [5, 5.41) is 8.84. The number of benzene rings is 1. The fraction of sp³-hybridized carbons (Fsp3) is 0.550. The van der Waals surface area contributed by atoms with Gasteiger partial charge in [-0.15, -0.1) is 10.2 Å². The third kappa shape index (κ3) is 4.67. The molecule has 0 N–H and O–H groups in total. The topological polar surface area (TPSA) is 51.0 Å². The lowest BCUT2D eigenvalue weighted by Crippen LogP contribution is -2.42. The Morgan fingerprint density at radius 2 is 1.88 bits per heavy atom. The molecule has 0 spiro atoms. The number of amides is 1. The normalized spacial score (nSPS) is 16.8.